The summed E-state index contributed by atoms with van der Waals surface area (Å²) in [7, 11) is 0. The molecule has 184 valence electrons. The third kappa shape index (κ3) is 3.73. The number of carbonyl (C=O) groups excluding carboxylic acids is 2. The maximum absolute atomic E-state index is 14.2. The van der Waals surface area contributed by atoms with Crippen LogP contribution in [-0.2, 0) is 25.7 Å². The number of aliphatic hydroxyl groups is 1. The second-order valence-corrected chi connectivity index (χ2v) is 9.77. The van der Waals surface area contributed by atoms with E-state index in [1.165, 1.54) is 4.90 Å². The summed E-state index contributed by atoms with van der Waals surface area (Å²) in [5, 5.41) is 20.2. The van der Waals surface area contributed by atoms with Crippen molar-refractivity contribution in [2.24, 2.45) is 17.8 Å². The Morgan fingerprint density at radius 3 is 2.65 bits per heavy atom. The fraction of sp³-hybridized carbons (Fsp3) is 0.577. The highest BCUT2D eigenvalue weighted by Gasteiger charge is 2.75. The fourth-order valence-corrected chi connectivity index (χ4v) is 6.19. The maximum atomic E-state index is 14.2. The highest BCUT2D eigenvalue weighted by Crippen LogP contribution is 2.59. The summed E-state index contributed by atoms with van der Waals surface area (Å²) in [6, 6.07) is 7.95. The third-order valence-corrected chi connectivity index (χ3v) is 7.98. The van der Waals surface area contributed by atoms with Gasteiger partial charge in [0.05, 0.1) is 30.6 Å². The van der Waals surface area contributed by atoms with E-state index in [4.69, 9.17) is 4.74 Å². The highest BCUT2D eigenvalue weighted by molar-refractivity contribution is 5.98. The van der Waals surface area contributed by atoms with Gasteiger partial charge in [-0.3, -0.25) is 14.4 Å². The number of amides is 2. The molecular formula is C26H34N2O6. The van der Waals surface area contributed by atoms with Gasteiger partial charge in [0.15, 0.2) is 0 Å². The summed E-state index contributed by atoms with van der Waals surface area (Å²) in [4.78, 5) is 43.3. The number of fused-ring (bicyclic) bond motifs is 1. The molecule has 4 rings (SSSR count). The van der Waals surface area contributed by atoms with Crippen molar-refractivity contribution in [1.29, 1.82) is 0 Å². The molecule has 3 aliphatic heterocycles. The number of carboxylic acid groups (broad SMARTS) is 1. The highest BCUT2D eigenvalue weighted by atomic mass is 16.5. The molecule has 0 radical (unpaired) electrons. The van der Waals surface area contributed by atoms with Gasteiger partial charge >= 0.3 is 5.97 Å². The molecule has 3 aliphatic rings. The Kier molecular flexibility index (Phi) is 6.82. The van der Waals surface area contributed by atoms with Gasteiger partial charge in [0, 0.05) is 13.1 Å². The smallest absolute Gasteiger partial charge is 0.310 e. The van der Waals surface area contributed by atoms with Gasteiger partial charge in [0.2, 0.25) is 11.8 Å². The van der Waals surface area contributed by atoms with Crippen molar-refractivity contribution in [3.8, 4) is 0 Å². The largest absolute Gasteiger partial charge is 0.481 e. The first-order valence-corrected chi connectivity index (χ1v) is 12.1. The number of hydrogen-bond donors (Lipinski definition) is 2. The minimum atomic E-state index is -1.20. The van der Waals surface area contributed by atoms with E-state index in [1.54, 1.807) is 11.0 Å². The summed E-state index contributed by atoms with van der Waals surface area (Å²) in [6.07, 6.45) is 2.69. The monoisotopic (exact) mass is 470 g/mol. The van der Waals surface area contributed by atoms with Gasteiger partial charge in [-0.15, -0.1) is 6.58 Å². The van der Waals surface area contributed by atoms with Crippen LogP contribution in [0.1, 0.15) is 38.7 Å². The van der Waals surface area contributed by atoms with E-state index >= 15 is 0 Å². The van der Waals surface area contributed by atoms with Crippen molar-refractivity contribution < 1.29 is 29.3 Å². The van der Waals surface area contributed by atoms with E-state index in [9.17, 15) is 24.6 Å². The van der Waals surface area contributed by atoms with Crippen LogP contribution in [0.15, 0.2) is 43.0 Å². The molecule has 2 bridgehead atoms. The molecule has 3 saturated heterocycles. The number of aliphatic hydroxyl groups excluding tert-OH is 1. The number of carbonyl (C=O) groups is 3. The molecule has 34 heavy (non-hydrogen) atoms. The normalized spacial score (nSPS) is 31.3. The first kappa shape index (κ1) is 24.4. The Labute approximate surface area is 200 Å². The number of benzene rings is 1. The lowest BCUT2D eigenvalue weighted by atomic mass is 9.70. The maximum Gasteiger partial charge on any atom is 0.310 e. The van der Waals surface area contributed by atoms with E-state index in [1.807, 2.05) is 44.2 Å². The molecule has 3 heterocycles. The zero-order valence-electron chi connectivity index (χ0n) is 19.8. The molecule has 2 unspecified atom stereocenters. The molecule has 8 heteroatoms. The Bertz CT molecular complexity index is 952. The average Bonchev–Trinajstić information content (AvgIpc) is 3.47. The Hall–Kier alpha value is -2.71. The molecule has 2 amide bonds. The van der Waals surface area contributed by atoms with Gasteiger partial charge in [-0.25, -0.2) is 0 Å². The minimum absolute atomic E-state index is 0.0815. The summed E-state index contributed by atoms with van der Waals surface area (Å²) in [5.41, 5.74) is -0.262. The van der Waals surface area contributed by atoms with E-state index in [0.29, 0.717) is 25.8 Å². The van der Waals surface area contributed by atoms with Gasteiger partial charge in [0.25, 0.3) is 0 Å². The number of carboxylic acids is 1. The first-order chi connectivity index (χ1) is 16.3. The predicted octanol–water partition coefficient (Wildman–Crippen LogP) is 2.07. The molecule has 1 aromatic carbocycles. The number of nitrogens with zero attached hydrogens (tertiary/aromatic N) is 2. The summed E-state index contributed by atoms with van der Waals surface area (Å²) in [5.74, 6) is -3.77. The van der Waals surface area contributed by atoms with Gasteiger partial charge < -0.3 is 24.7 Å². The molecular weight excluding hydrogens is 436 g/mol. The van der Waals surface area contributed by atoms with Gasteiger partial charge in [-0.2, -0.15) is 0 Å². The first-order valence-electron chi connectivity index (χ1n) is 12.1. The minimum Gasteiger partial charge on any atom is -0.481 e. The van der Waals surface area contributed by atoms with Crippen LogP contribution in [0.25, 0.3) is 0 Å². The van der Waals surface area contributed by atoms with Crippen LogP contribution < -0.4 is 0 Å². The van der Waals surface area contributed by atoms with Gasteiger partial charge in [-0.05, 0) is 24.3 Å². The standard InChI is InChI=1S/C26H34N2O6/c1-4-13-27(14-17-9-7-6-8-10-17)24(31)22-26-12-11-19(34-26)20(25(32)33)21(26)23(30)28(22)18(15-29)16(3)5-2/h4,6-10,16,18-22,29H,1,5,11-15H2,2-3H3,(H,32,33)/t16-,18-,19-,20+,21-,22?,26?/m0/s1. The summed E-state index contributed by atoms with van der Waals surface area (Å²) in [6.45, 7) is 7.98. The molecule has 0 aliphatic carbocycles. The van der Waals surface area contributed by atoms with E-state index in [2.05, 4.69) is 6.58 Å². The van der Waals surface area contributed by atoms with Crippen LogP contribution in [0, 0.1) is 17.8 Å². The predicted molar refractivity (Wildman–Crippen MR) is 124 cm³/mol. The molecule has 1 aromatic rings. The number of hydrogen-bond acceptors (Lipinski definition) is 5. The van der Waals surface area contributed by atoms with Gasteiger partial charge in [-0.1, -0.05) is 56.7 Å². The molecule has 8 nitrogen and oxygen atoms in total. The molecule has 0 saturated carbocycles. The number of aliphatic carboxylic acids is 1. The van der Waals surface area contributed by atoms with Gasteiger partial charge in [0.1, 0.15) is 11.6 Å². The quantitative estimate of drug-likeness (QED) is 0.507. The second-order valence-electron chi connectivity index (χ2n) is 9.77. The molecule has 2 N–H and O–H groups in total. The topological polar surface area (TPSA) is 107 Å². The van der Waals surface area contributed by atoms with Crippen molar-refractivity contribution >= 4 is 17.8 Å². The lowest BCUT2D eigenvalue weighted by Crippen LogP contribution is -2.59. The van der Waals surface area contributed by atoms with Crippen LogP contribution in [0.4, 0.5) is 0 Å². The average molecular weight is 471 g/mol. The number of rotatable bonds is 10. The Morgan fingerprint density at radius 2 is 2.06 bits per heavy atom. The Balaban J connectivity index is 1.78. The van der Waals surface area contributed by atoms with Crippen LogP contribution in [0.3, 0.4) is 0 Å². The van der Waals surface area contributed by atoms with Crippen molar-refractivity contribution in [3.63, 3.8) is 0 Å². The van der Waals surface area contributed by atoms with Crippen molar-refractivity contribution in [1.82, 2.24) is 9.80 Å². The van der Waals surface area contributed by atoms with Crippen LogP contribution >= 0.6 is 0 Å². The van der Waals surface area contributed by atoms with E-state index < -0.39 is 47.5 Å². The molecule has 3 fully saturated rings. The number of ether oxygens (including phenoxy) is 1. The van der Waals surface area contributed by atoms with Crippen molar-refractivity contribution in [2.45, 2.75) is 63.4 Å². The lowest BCUT2D eigenvalue weighted by molar-refractivity contribution is -0.154. The molecule has 0 aromatic heterocycles. The lowest BCUT2D eigenvalue weighted by Gasteiger charge is -2.41. The molecule has 1 spiro atoms. The second kappa shape index (κ2) is 9.50. The van der Waals surface area contributed by atoms with E-state index in [0.717, 1.165) is 5.56 Å². The van der Waals surface area contributed by atoms with Crippen LogP contribution in [0.5, 0.6) is 0 Å². The zero-order valence-corrected chi connectivity index (χ0v) is 19.8. The van der Waals surface area contributed by atoms with E-state index in [-0.39, 0.29) is 25.0 Å². The zero-order chi connectivity index (χ0) is 24.6. The SMILES string of the molecule is C=CCN(Cc1ccccc1)C(=O)C1N([C@@H](CO)[C@@H](C)CC)C(=O)[C@@H]2[C@H](C(=O)O)[C@@H]3CCC12O3. The van der Waals surface area contributed by atoms with Crippen LogP contribution in [-0.4, -0.2) is 74.7 Å². The van der Waals surface area contributed by atoms with Crippen molar-refractivity contribution in [3.05, 3.63) is 48.6 Å². The number of likely N-dealkylation sites (tertiary alicyclic amines) is 1. The summed E-state index contributed by atoms with van der Waals surface area (Å²) < 4.78 is 6.28. The summed E-state index contributed by atoms with van der Waals surface area (Å²) >= 11 is 0. The molecule has 7 atom stereocenters. The fourth-order valence-electron chi connectivity index (χ4n) is 6.19. The van der Waals surface area contributed by atoms with Crippen molar-refractivity contribution in [2.75, 3.05) is 13.2 Å². The third-order valence-electron chi connectivity index (χ3n) is 7.98. The van der Waals surface area contributed by atoms with Crippen LogP contribution in [0.2, 0.25) is 0 Å². The Morgan fingerprint density at radius 1 is 1.35 bits per heavy atom.